The van der Waals surface area contributed by atoms with E-state index in [9.17, 15) is 13.6 Å². The van der Waals surface area contributed by atoms with E-state index in [1.54, 1.807) is 0 Å². The summed E-state index contributed by atoms with van der Waals surface area (Å²) < 4.78 is 26.1. The van der Waals surface area contributed by atoms with Gasteiger partial charge in [0.15, 0.2) is 0 Å². The average Bonchev–Trinajstić information content (AvgIpc) is 2.89. The molecule has 0 heterocycles. The third kappa shape index (κ3) is 3.88. The van der Waals surface area contributed by atoms with Gasteiger partial charge in [-0.25, -0.2) is 8.78 Å². The summed E-state index contributed by atoms with van der Waals surface area (Å²) in [6, 6.07) is 0.0254. The molecule has 0 aromatic carbocycles. The van der Waals surface area contributed by atoms with E-state index < -0.39 is 5.92 Å². The van der Waals surface area contributed by atoms with E-state index in [1.165, 1.54) is 12.8 Å². The van der Waals surface area contributed by atoms with Crippen LogP contribution in [-0.2, 0) is 4.79 Å². The molecule has 2 rings (SSSR count). The van der Waals surface area contributed by atoms with Gasteiger partial charge in [-0.2, -0.15) is 0 Å². The van der Waals surface area contributed by atoms with Gasteiger partial charge in [0.05, 0.1) is 0 Å². The molecule has 3 nitrogen and oxygen atoms in total. The van der Waals surface area contributed by atoms with Crippen molar-refractivity contribution in [3.8, 4) is 0 Å². The van der Waals surface area contributed by atoms with Crippen LogP contribution in [0.15, 0.2) is 0 Å². The van der Waals surface area contributed by atoms with Gasteiger partial charge in [0.1, 0.15) is 0 Å². The van der Waals surface area contributed by atoms with Gasteiger partial charge >= 0.3 is 0 Å². The van der Waals surface area contributed by atoms with Gasteiger partial charge in [-0.15, -0.1) is 0 Å². The zero-order valence-electron chi connectivity index (χ0n) is 11.3. The van der Waals surface area contributed by atoms with Crippen LogP contribution >= 0.6 is 0 Å². The molecule has 2 aliphatic carbocycles. The van der Waals surface area contributed by atoms with E-state index in [1.807, 2.05) is 0 Å². The minimum absolute atomic E-state index is 0.0254. The van der Waals surface area contributed by atoms with E-state index >= 15 is 0 Å². The molecule has 1 atom stereocenters. The van der Waals surface area contributed by atoms with Crippen molar-refractivity contribution in [1.82, 2.24) is 5.32 Å². The maximum atomic E-state index is 13.1. The molecule has 0 bridgehead atoms. The van der Waals surface area contributed by atoms with Crippen molar-refractivity contribution in [2.75, 3.05) is 6.54 Å². The molecule has 1 amide bonds. The van der Waals surface area contributed by atoms with Crippen LogP contribution in [0.2, 0.25) is 0 Å². The predicted octanol–water partition coefficient (Wildman–Crippen LogP) is 2.45. The lowest BCUT2D eigenvalue weighted by atomic mass is 9.85. The number of halogens is 2. The molecule has 110 valence electrons. The minimum atomic E-state index is -2.57. The van der Waals surface area contributed by atoms with Crippen molar-refractivity contribution in [3.05, 3.63) is 0 Å². The Hall–Kier alpha value is -0.710. The fraction of sp³-hybridized carbons (Fsp3) is 0.929. The Morgan fingerprint density at radius 2 is 1.79 bits per heavy atom. The van der Waals surface area contributed by atoms with Crippen molar-refractivity contribution in [2.45, 2.75) is 63.3 Å². The van der Waals surface area contributed by atoms with E-state index in [-0.39, 0.29) is 30.7 Å². The molecule has 5 heteroatoms. The Morgan fingerprint density at radius 3 is 2.32 bits per heavy atom. The molecule has 2 aliphatic rings. The van der Waals surface area contributed by atoms with Crippen LogP contribution in [0, 0.1) is 11.8 Å². The highest BCUT2D eigenvalue weighted by atomic mass is 19.3. The van der Waals surface area contributed by atoms with E-state index in [4.69, 9.17) is 5.73 Å². The predicted molar refractivity (Wildman–Crippen MR) is 69.8 cm³/mol. The van der Waals surface area contributed by atoms with Crippen LogP contribution in [0.3, 0.4) is 0 Å². The van der Waals surface area contributed by atoms with Crippen molar-refractivity contribution in [2.24, 2.45) is 17.6 Å². The topological polar surface area (TPSA) is 55.1 Å². The number of alkyl halides is 2. The van der Waals surface area contributed by atoms with Crippen LogP contribution < -0.4 is 11.1 Å². The summed E-state index contributed by atoms with van der Waals surface area (Å²) in [7, 11) is 0. The molecule has 2 saturated carbocycles. The Kier molecular flexibility index (Phi) is 4.76. The molecule has 0 spiro atoms. The number of nitrogens with one attached hydrogen (secondary N) is 1. The maximum absolute atomic E-state index is 13.1. The van der Waals surface area contributed by atoms with Crippen molar-refractivity contribution >= 4 is 5.91 Å². The second-order valence-electron chi connectivity index (χ2n) is 6.03. The molecular weight excluding hydrogens is 250 g/mol. The zero-order valence-corrected chi connectivity index (χ0v) is 11.3. The Balaban J connectivity index is 1.82. The first-order valence-electron chi connectivity index (χ1n) is 7.40. The number of hydrogen-bond acceptors (Lipinski definition) is 2. The van der Waals surface area contributed by atoms with Gasteiger partial charge in [-0.1, -0.05) is 12.8 Å². The number of amides is 1. The standard InChI is InChI=1S/C14H24F2N2O/c15-14(16)7-5-11(6-8-14)13(19)18-12(9-17)10-3-1-2-4-10/h10-12H,1-9,17H2,(H,18,19). The van der Waals surface area contributed by atoms with Gasteiger partial charge in [0.25, 0.3) is 0 Å². The highest BCUT2D eigenvalue weighted by Gasteiger charge is 2.38. The van der Waals surface area contributed by atoms with Crippen LogP contribution in [0.4, 0.5) is 8.78 Å². The summed E-state index contributed by atoms with van der Waals surface area (Å²) in [5, 5.41) is 3.00. The number of carbonyl (C=O) groups is 1. The summed E-state index contributed by atoms with van der Waals surface area (Å²) in [6.07, 6.45) is 4.89. The number of hydrogen-bond donors (Lipinski definition) is 2. The lowest BCUT2D eigenvalue weighted by Gasteiger charge is -2.30. The maximum Gasteiger partial charge on any atom is 0.248 e. The highest BCUT2D eigenvalue weighted by molar-refractivity contribution is 5.79. The first-order chi connectivity index (χ1) is 9.02. The van der Waals surface area contributed by atoms with Crippen molar-refractivity contribution < 1.29 is 13.6 Å². The van der Waals surface area contributed by atoms with Gasteiger partial charge in [-0.05, 0) is 31.6 Å². The Morgan fingerprint density at radius 1 is 1.21 bits per heavy atom. The third-order valence-electron chi connectivity index (χ3n) is 4.64. The smallest absolute Gasteiger partial charge is 0.248 e. The molecule has 0 saturated heterocycles. The first kappa shape index (κ1) is 14.7. The third-order valence-corrected chi connectivity index (χ3v) is 4.64. The summed E-state index contributed by atoms with van der Waals surface area (Å²) >= 11 is 0. The summed E-state index contributed by atoms with van der Waals surface area (Å²) in [5.41, 5.74) is 5.74. The van der Waals surface area contributed by atoms with Gasteiger partial charge in [0.2, 0.25) is 11.8 Å². The molecular formula is C14H24F2N2O. The van der Waals surface area contributed by atoms with Crippen LogP contribution in [0.1, 0.15) is 51.4 Å². The first-order valence-corrected chi connectivity index (χ1v) is 7.40. The monoisotopic (exact) mass is 274 g/mol. The SMILES string of the molecule is NCC(NC(=O)C1CCC(F)(F)CC1)C1CCCC1. The fourth-order valence-corrected chi connectivity index (χ4v) is 3.33. The van der Waals surface area contributed by atoms with E-state index in [0.29, 0.717) is 25.3 Å². The largest absolute Gasteiger partial charge is 0.352 e. The van der Waals surface area contributed by atoms with Gasteiger partial charge in [0, 0.05) is 31.3 Å². The quantitative estimate of drug-likeness (QED) is 0.827. The molecule has 0 radical (unpaired) electrons. The highest BCUT2D eigenvalue weighted by Crippen LogP contribution is 2.36. The summed E-state index contributed by atoms with van der Waals surface area (Å²) in [6.45, 7) is 0.444. The van der Waals surface area contributed by atoms with E-state index in [2.05, 4.69) is 5.32 Å². The number of carbonyl (C=O) groups excluding carboxylic acids is 1. The summed E-state index contributed by atoms with van der Waals surface area (Å²) in [4.78, 5) is 12.1. The van der Waals surface area contributed by atoms with Crippen LogP contribution in [0.5, 0.6) is 0 Å². The molecule has 3 N–H and O–H groups in total. The molecule has 0 aromatic heterocycles. The van der Waals surface area contributed by atoms with Crippen LogP contribution in [-0.4, -0.2) is 24.4 Å². The number of nitrogens with two attached hydrogens (primary N) is 1. The van der Waals surface area contributed by atoms with E-state index in [0.717, 1.165) is 12.8 Å². The fourth-order valence-electron chi connectivity index (χ4n) is 3.33. The molecule has 0 aromatic rings. The molecule has 1 unspecified atom stereocenters. The van der Waals surface area contributed by atoms with Crippen LogP contribution in [0.25, 0.3) is 0 Å². The van der Waals surface area contributed by atoms with Gasteiger partial charge < -0.3 is 11.1 Å². The lowest BCUT2D eigenvalue weighted by molar-refractivity contribution is -0.130. The van der Waals surface area contributed by atoms with Gasteiger partial charge in [-0.3, -0.25) is 4.79 Å². The number of rotatable bonds is 4. The molecule has 2 fully saturated rings. The van der Waals surface area contributed by atoms with Crippen molar-refractivity contribution in [1.29, 1.82) is 0 Å². The minimum Gasteiger partial charge on any atom is -0.352 e. The molecule has 19 heavy (non-hydrogen) atoms. The lowest BCUT2D eigenvalue weighted by Crippen LogP contribution is -2.47. The average molecular weight is 274 g/mol. The Labute approximate surface area is 113 Å². The zero-order chi connectivity index (χ0) is 13.9. The summed E-state index contributed by atoms with van der Waals surface area (Å²) in [5.74, 6) is -2.43. The Bertz CT molecular complexity index is 307. The normalized spacial score (nSPS) is 26.3. The second-order valence-corrected chi connectivity index (χ2v) is 6.03. The molecule has 0 aliphatic heterocycles. The second kappa shape index (κ2) is 6.16. The van der Waals surface area contributed by atoms with Crippen molar-refractivity contribution in [3.63, 3.8) is 0 Å².